The predicted octanol–water partition coefficient (Wildman–Crippen LogP) is 0.151. The molecule has 0 aliphatic rings. The van der Waals surface area contributed by atoms with Gasteiger partial charge in [-0.05, 0) is 11.8 Å². The van der Waals surface area contributed by atoms with Gasteiger partial charge in [0.2, 0.25) is 0 Å². The van der Waals surface area contributed by atoms with E-state index in [0.717, 1.165) is 11.8 Å². The maximum Gasteiger partial charge on any atom is 0.183 e. The van der Waals surface area contributed by atoms with E-state index in [2.05, 4.69) is 12.2 Å². The quantitative estimate of drug-likeness (QED) is 0.351. The fraction of sp³-hybridized carbons (Fsp3) is 0. The first-order valence-electron chi connectivity index (χ1n) is 1.17. The van der Waals surface area contributed by atoms with E-state index >= 15 is 0 Å². The molecule has 1 radical (unpaired) electrons. The Balaban J connectivity index is 0. The average molecular weight is 176 g/mol. The van der Waals surface area contributed by atoms with Gasteiger partial charge in [-0.25, -0.2) is 0 Å². The molecule has 0 amide bonds. The van der Waals surface area contributed by atoms with Gasteiger partial charge in [-0.15, -0.1) is 0 Å². The normalized spacial score (nSPS) is 6.29. The molecule has 0 saturated heterocycles. The molecule has 5 heteroatoms. The topological polar surface area (TPSA) is 43.1 Å². The summed E-state index contributed by atoms with van der Waals surface area (Å²) in [7, 11) is 0. The van der Waals surface area contributed by atoms with Gasteiger partial charge in [-0.3, -0.25) is 4.79 Å². The largest absolute Gasteiger partial charge is 0.384 e. The SMILES string of the molecule is NC(=S)SC=O.[Mn]. The van der Waals surface area contributed by atoms with Crippen LogP contribution < -0.4 is 5.73 Å². The Morgan fingerprint density at radius 1 is 1.86 bits per heavy atom. The Morgan fingerprint density at radius 3 is 2.29 bits per heavy atom. The first-order chi connectivity index (χ1) is 2.77. The summed E-state index contributed by atoms with van der Waals surface area (Å²) in [6.45, 7) is 0. The number of hydrogen-bond acceptors (Lipinski definition) is 3. The van der Waals surface area contributed by atoms with Crippen LogP contribution in [0.5, 0.6) is 0 Å². The molecular weight excluding hydrogens is 173 g/mol. The van der Waals surface area contributed by atoms with Crippen molar-refractivity contribution in [3.8, 4) is 0 Å². The number of carbonyl (C=O) groups is 1. The van der Waals surface area contributed by atoms with Crippen molar-refractivity contribution in [2.75, 3.05) is 0 Å². The fourth-order valence-electron chi connectivity index (χ4n) is 0.0474. The Morgan fingerprint density at radius 2 is 2.29 bits per heavy atom. The standard InChI is InChI=1S/C2H3NOS2.Mn/c3-2(5)6-1-4;/h1H,(H2,3,5);. The molecule has 0 spiro atoms. The molecule has 0 bridgehead atoms. The van der Waals surface area contributed by atoms with Crippen molar-refractivity contribution in [3.63, 3.8) is 0 Å². The summed E-state index contributed by atoms with van der Waals surface area (Å²) in [6.07, 6.45) is 0. The summed E-state index contributed by atoms with van der Waals surface area (Å²) < 4.78 is 0.171. The number of nitrogens with two attached hydrogens (primary N) is 1. The minimum absolute atomic E-state index is 0. The first kappa shape index (κ1) is 10.4. The van der Waals surface area contributed by atoms with Gasteiger partial charge < -0.3 is 5.73 Å². The van der Waals surface area contributed by atoms with E-state index in [9.17, 15) is 4.79 Å². The number of rotatable bonds is 1. The summed E-state index contributed by atoms with van der Waals surface area (Å²) in [5.74, 6) is 0. The van der Waals surface area contributed by atoms with Crippen LogP contribution in [0.1, 0.15) is 0 Å². The summed E-state index contributed by atoms with van der Waals surface area (Å²) >= 11 is 5.12. The summed E-state index contributed by atoms with van der Waals surface area (Å²) in [4.78, 5) is 9.41. The second-order valence-electron chi connectivity index (χ2n) is 0.533. The van der Waals surface area contributed by atoms with Crippen molar-refractivity contribution < 1.29 is 21.9 Å². The second kappa shape index (κ2) is 6.43. The van der Waals surface area contributed by atoms with Crippen molar-refractivity contribution >= 4 is 33.9 Å². The molecule has 2 N–H and O–H groups in total. The Hall–Kier alpha value is 0.429. The summed E-state index contributed by atoms with van der Waals surface area (Å²) in [5.41, 5.74) is 5.47. The van der Waals surface area contributed by atoms with Gasteiger partial charge in [0, 0.05) is 17.1 Å². The van der Waals surface area contributed by atoms with E-state index in [1.807, 2.05) is 0 Å². The molecule has 0 fully saturated rings. The molecule has 0 aromatic rings. The molecule has 0 saturated carbocycles. The number of thiocarbonyl (C=S) groups is 1. The van der Waals surface area contributed by atoms with E-state index in [0.29, 0.717) is 5.62 Å². The molecule has 0 aromatic carbocycles. The Bertz CT molecular complexity index is 76.1. The molecule has 0 atom stereocenters. The van der Waals surface area contributed by atoms with Gasteiger partial charge in [-0.1, -0.05) is 12.2 Å². The predicted molar refractivity (Wildman–Crippen MR) is 31.1 cm³/mol. The molecular formula is C2H3MnNOS2. The minimum Gasteiger partial charge on any atom is -0.384 e. The van der Waals surface area contributed by atoms with Gasteiger partial charge in [-0.2, -0.15) is 0 Å². The van der Waals surface area contributed by atoms with Crippen LogP contribution in [-0.4, -0.2) is 9.94 Å². The van der Waals surface area contributed by atoms with Crippen molar-refractivity contribution in [3.05, 3.63) is 0 Å². The maximum absolute atomic E-state index is 9.41. The van der Waals surface area contributed by atoms with E-state index < -0.39 is 0 Å². The third kappa shape index (κ3) is 10.7. The van der Waals surface area contributed by atoms with Gasteiger partial charge in [0.15, 0.2) is 5.62 Å². The van der Waals surface area contributed by atoms with Gasteiger partial charge in [0.05, 0.1) is 0 Å². The average Bonchev–Trinajstić information content (AvgIpc) is 1.35. The van der Waals surface area contributed by atoms with Crippen molar-refractivity contribution in [2.24, 2.45) is 5.73 Å². The zero-order valence-corrected chi connectivity index (χ0v) is 6.07. The molecule has 0 aliphatic heterocycles. The Kier molecular flexibility index (Phi) is 9.57. The van der Waals surface area contributed by atoms with Crippen LogP contribution in [0.4, 0.5) is 0 Å². The van der Waals surface area contributed by atoms with E-state index in [1.54, 1.807) is 0 Å². The monoisotopic (exact) mass is 176 g/mol. The number of carbonyl (C=O) groups excluding carboxylic acids is 1. The fourth-order valence-corrected chi connectivity index (χ4v) is 0.260. The van der Waals surface area contributed by atoms with Crippen LogP contribution in [0, 0.1) is 0 Å². The van der Waals surface area contributed by atoms with Gasteiger partial charge in [0.25, 0.3) is 0 Å². The first-order valence-corrected chi connectivity index (χ1v) is 2.46. The van der Waals surface area contributed by atoms with Crippen LogP contribution in [0.2, 0.25) is 0 Å². The minimum atomic E-state index is 0. The molecule has 0 unspecified atom stereocenters. The number of thioether (sulfide) groups is 1. The van der Waals surface area contributed by atoms with Gasteiger partial charge in [0.1, 0.15) is 4.32 Å². The zero-order valence-electron chi connectivity index (χ0n) is 3.26. The summed E-state index contributed by atoms with van der Waals surface area (Å²) in [5, 5.41) is 0. The molecule has 0 heterocycles. The van der Waals surface area contributed by atoms with Crippen molar-refractivity contribution in [2.45, 2.75) is 0 Å². The molecule has 0 rings (SSSR count). The zero-order chi connectivity index (χ0) is 4.99. The van der Waals surface area contributed by atoms with Crippen LogP contribution in [0.25, 0.3) is 0 Å². The molecule has 0 aromatic heterocycles. The van der Waals surface area contributed by atoms with E-state index in [-0.39, 0.29) is 21.4 Å². The van der Waals surface area contributed by atoms with Crippen LogP contribution in [0.15, 0.2) is 0 Å². The summed E-state index contributed by atoms with van der Waals surface area (Å²) in [6, 6.07) is 0. The molecule has 7 heavy (non-hydrogen) atoms. The molecule has 0 aliphatic carbocycles. The smallest absolute Gasteiger partial charge is 0.183 e. The van der Waals surface area contributed by atoms with E-state index in [1.165, 1.54) is 0 Å². The second-order valence-corrected chi connectivity index (χ2v) is 2.10. The van der Waals surface area contributed by atoms with Crippen molar-refractivity contribution in [1.82, 2.24) is 0 Å². The van der Waals surface area contributed by atoms with Crippen LogP contribution in [0.3, 0.4) is 0 Å². The maximum atomic E-state index is 9.41. The van der Waals surface area contributed by atoms with Crippen LogP contribution in [-0.2, 0) is 21.9 Å². The molecule has 2 nitrogen and oxygen atoms in total. The number of hydrogen-bond donors (Lipinski definition) is 1. The third-order valence-corrected chi connectivity index (χ3v) is 0.781. The van der Waals surface area contributed by atoms with Crippen LogP contribution >= 0.6 is 24.0 Å². The molecule has 41 valence electrons. The van der Waals surface area contributed by atoms with E-state index in [4.69, 9.17) is 5.73 Å². The third-order valence-electron chi connectivity index (χ3n) is 0.164. The van der Waals surface area contributed by atoms with Crippen molar-refractivity contribution in [1.29, 1.82) is 0 Å². The van der Waals surface area contributed by atoms with Gasteiger partial charge >= 0.3 is 0 Å². The Labute approximate surface area is 61.7 Å².